The van der Waals surface area contributed by atoms with E-state index in [1.54, 1.807) is 0 Å². The van der Waals surface area contributed by atoms with Crippen LogP contribution in [-0.2, 0) is 9.53 Å². The van der Waals surface area contributed by atoms with E-state index >= 15 is 0 Å². The van der Waals surface area contributed by atoms with Crippen LogP contribution in [0.2, 0.25) is 0 Å². The van der Waals surface area contributed by atoms with Gasteiger partial charge in [0.2, 0.25) is 0 Å². The molecule has 0 aliphatic carbocycles. The van der Waals surface area contributed by atoms with Crippen molar-refractivity contribution in [1.82, 2.24) is 10.2 Å². The molecule has 112 valence electrons. The molecule has 0 bridgehead atoms. The second-order valence-corrected chi connectivity index (χ2v) is 5.38. The average Bonchev–Trinajstić information content (AvgIpc) is 2.50. The molecule has 0 radical (unpaired) electrons. The highest BCUT2D eigenvalue weighted by Gasteiger charge is 2.34. The zero-order chi connectivity index (χ0) is 15.5. The fourth-order valence-electron chi connectivity index (χ4n) is 2.53. The molecular formula is C16H21N3O2. The second kappa shape index (κ2) is 6.08. The molecule has 2 aromatic rings. The van der Waals surface area contributed by atoms with Gasteiger partial charge in [0.05, 0.1) is 12.8 Å². The molecule has 1 aromatic heterocycles. The topological polar surface area (TPSA) is 64.1 Å². The van der Waals surface area contributed by atoms with Crippen molar-refractivity contribution < 1.29 is 9.53 Å². The number of aromatic nitrogens is 2. The van der Waals surface area contributed by atoms with Gasteiger partial charge < -0.3 is 10.1 Å². The first-order valence-electron chi connectivity index (χ1n) is 7.10. The Bertz CT molecular complexity index is 657. The van der Waals surface area contributed by atoms with E-state index in [0.29, 0.717) is 12.2 Å². The Kier molecular flexibility index (Phi) is 4.40. The summed E-state index contributed by atoms with van der Waals surface area (Å²) in [5.41, 5.74) is 0.0577. The van der Waals surface area contributed by atoms with Gasteiger partial charge in [-0.2, -0.15) is 5.10 Å². The fraction of sp³-hybridized carbons (Fsp3) is 0.438. The molecule has 5 heteroatoms. The highest BCUT2D eigenvalue weighted by molar-refractivity contribution is 5.95. The van der Waals surface area contributed by atoms with Crippen LogP contribution in [0.1, 0.15) is 32.4 Å². The van der Waals surface area contributed by atoms with Crippen LogP contribution in [0.3, 0.4) is 0 Å². The van der Waals surface area contributed by atoms with Crippen LogP contribution in [0, 0.1) is 6.92 Å². The lowest BCUT2D eigenvalue weighted by atomic mass is 9.96. The second-order valence-electron chi connectivity index (χ2n) is 5.38. The van der Waals surface area contributed by atoms with E-state index in [2.05, 4.69) is 15.5 Å². The van der Waals surface area contributed by atoms with E-state index in [-0.39, 0.29) is 5.97 Å². The number of aryl methyl sites for hydroxylation is 1. The smallest absolute Gasteiger partial charge is 0.331 e. The van der Waals surface area contributed by atoms with Crippen LogP contribution in [-0.4, -0.2) is 28.8 Å². The van der Waals surface area contributed by atoms with Crippen LogP contribution in [0.5, 0.6) is 0 Å². The molecule has 0 saturated carbocycles. The lowest BCUT2D eigenvalue weighted by Gasteiger charge is -2.28. The SMILES string of the molecule is CCCC(C)(Nc1nnc(C)c2ccccc12)C(=O)OC. The Morgan fingerprint density at radius 3 is 2.57 bits per heavy atom. The summed E-state index contributed by atoms with van der Waals surface area (Å²) in [5, 5.41) is 13.6. The van der Waals surface area contributed by atoms with Crippen molar-refractivity contribution in [1.29, 1.82) is 0 Å². The van der Waals surface area contributed by atoms with Crippen LogP contribution in [0.4, 0.5) is 5.82 Å². The predicted octanol–water partition coefficient (Wildman–Crippen LogP) is 3.08. The molecule has 2 rings (SSSR count). The lowest BCUT2D eigenvalue weighted by Crippen LogP contribution is -2.44. The molecule has 0 spiro atoms. The number of methoxy groups -OCH3 is 1. The minimum atomic E-state index is -0.809. The molecule has 0 aliphatic heterocycles. The highest BCUT2D eigenvalue weighted by atomic mass is 16.5. The fourth-order valence-corrected chi connectivity index (χ4v) is 2.53. The molecule has 0 fully saturated rings. The number of nitrogens with one attached hydrogen (secondary N) is 1. The van der Waals surface area contributed by atoms with Gasteiger partial charge in [0.15, 0.2) is 5.82 Å². The van der Waals surface area contributed by atoms with Crippen molar-refractivity contribution in [2.24, 2.45) is 0 Å². The first kappa shape index (κ1) is 15.2. The Morgan fingerprint density at radius 1 is 1.29 bits per heavy atom. The summed E-state index contributed by atoms with van der Waals surface area (Å²) in [7, 11) is 1.40. The van der Waals surface area contributed by atoms with Gasteiger partial charge >= 0.3 is 5.97 Å². The Balaban J connectivity index is 2.47. The molecule has 1 aromatic carbocycles. The summed E-state index contributed by atoms with van der Waals surface area (Å²) < 4.78 is 4.93. The number of hydrogen-bond acceptors (Lipinski definition) is 5. The molecule has 1 N–H and O–H groups in total. The monoisotopic (exact) mass is 287 g/mol. The summed E-state index contributed by atoms with van der Waals surface area (Å²) in [4.78, 5) is 12.1. The van der Waals surface area contributed by atoms with Gasteiger partial charge in [-0.1, -0.05) is 37.6 Å². The first-order chi connectivity index (χ1) is 10.0. The number of hydrogen-bond donors (Lipinski definition) is 1. The number of carbonyl (C=O) groups is 1. The maximum absolute atomic E-state index is 12.1. The maximum Gasteiger partial charge on any atom is 0.331 e. The van der Waals surface area contributed by atoms with Crippen LogP contribution < -0.4 is 5.32 Å². The highest BCUT2D eigenvalue weighted by Crippen LogP contribution is 2.27. The third-order valence-electron chi connectivity index (χ3n) is 3.65. The van der Waals surface area contributed by atoms with E-state index in [4.69, 9.17) is 4.74 Å². The number of carbonyl (C=O) groups excluding carboxylic acids is 1. The summed E-state index contributed by atoms with van der Waals surface area (Å²) in [6, 6.07) is 7.89. The van der Waals surface area contributed by atoms with Gasteiger partial charge in [-0.15, -0.1) is 5.10 Å². The van der Waals surface area contributed by atoms with Crippen molar-refractivity contribution in [3.05, 3.63) is 30.0 Å². The predicted molar refractivity (Wildman–Crippen MR) is 83.2 cm³/mol. The van der Waals surface area contributed by atoms with E-state index in [9.17, 15) is 4.79 Å². The summed E-state index contributed by atoms with van der Waals surface area (Å²) in [6.07, 6.45) is 1.51. The third-order valence-corrected chi connectivity index (χ3v) is 3.65. The molecule has 5 nitrogen and oxygen atoms in total. The van der Waals surface area contributed by atoms with Crippen LogP contribution >= 0.6 is 0 Å². The first-order valence-corrected chi connectivity index (χ1v) is 7.10. The molecule has 0 aliphatic rings. The average molecular weight is 287 g/mol. The van der Waals surface area contributed by atoms with Crippen LogP contribution in [0.15, 0.2) is 24.3 Å². The quantitative estimate of drug-likeness (QED) is 0.856. The van der Waals surface area contributed by atoms with Gasteiger partial charge in [0.1, 0.15) is 5.54 Å². The van der Waals surface area contributed by atoms with Crippen molar-refractivity contribution in [3.63, 3.8) is 0 Å². The van der Waals surface area contributed by atoms with E-state index in [1.165, 1.54) is 7.11 Å². The van der Waals surface area contributed by atoms with Gasteiger partial charge in [-0.25, -0.2) is 4.79 Å². The Morgan fingerprint density at radius 2 is 1.95 bits per heavy atom. The number of ether oxygens (including phenoxy) is 1. The molecule has 1 atom stereocenters. The van der Waals surface area contributed by atoms with Gasteiger partial charge in [0.25, 0.3) is 0 Å². The van der Waals surface area contributed by atoms with Gasteiger partial charge in [0, 0.05) is 10.8 Å². The van der Waals surface area contributed by atoms with Crippen molar-refractivity contribution in [2.45, 2.75) is 39.2 Å². The Labute approximate surface area is 124 Å². The molecule has 0 amide bonds. The van der Waals surface area contributed by atoms with Crippen molar-refractivity contribution in [3.8, 4) is 0 Å². The summed E-state index contributed by atoms with van der Waals surface area (Å²) >= 11 is 0. The molecule has 21 heavy (non-hydrogen) atoms. The standard InChI is InChI=1S/C16H21N3O2/c1-5-10-16(3,15(20)21-4)17-14-13-9-7-6-8-12(13)11(2)18-19-14/h6-9H,5,10H2,1-4H3,(H,17,19). The molecular weight excluding hydrogens is 266 g/mol. The summed E-state index contributed by atoms with van der Waals surface area (Å²) in [5.74, 6) is 0.313. The maximum atomic E-state index is 12.1. The van der Waals surface area contributed by atoms with Gasteiger partial charge in [-0.05, 0) is 20.3 Å². The van der Waals surface area contributed by atoms with E-state index in [1.807, 2.05) is 45.0 Å². The van der Waals surface area contributed by atoms with Crippen LogP contribution in [0.25, 0.3) is 10.8 Å². The lowest BCUT2D eigenvalue weighted by molar-refractivity contribution is -0.145. The molecule has 0 saturated heterocycles. The zero-order valence-electron chi connectivity index (χ0n) is 12.9. The number of anilines is 1. The van der Waals surface area contributed by atoms with Crippen molar-refractivity contribution in [2.75, 3.05) is 12.4 Å². The Hall–Kier alpha value is -2.17. The molecule has 1 unspecified atom stereocenters. The van der Waals surface area contributed by atoms with E-state index < -0.39 is 5.54 Å². The number of rotatable bonds is 5. The van der Waals surface area contributed by atoms with E-state index in [0.717, 1.165) is 22.9 Å². The largest absolute Gasteiger partial charge is 0.467 e. The number of esters is 1. The minimum Gasteiger partial charge on any atom is -0.467 e. The normalized spacial score (nSPS) is 13.7. The minimum absolute atomic E-state index is 0.296. The third kappa shape index (κ3) is 2.96. The summed E-state index contributed by atoms with van der Waals surface area (Å²) in [6.45, 7) is 5.78. The number of fused-ring (bicyclic) bond motifs is 1. The number of nitrogens with zero attached hydrogens (tertiary/aromatic N) is 2. The molecule has 1 heterocycles. The zero-order valence-corrected chi connectivity index (χ0v) is 12.9. The number of benzene rings is 1. The van der Waals surface area contributed by atoms with Gasteiger partial charge in [-0.3, -0.25) is 0 Å². The van der Waals surface area contributed by atoms with Crippen molar-refractivity contribution >= 4 is 22.6 Å².